The summed E-state index contributed by atoms with van der Waals surface area (Å²) in [6.07, 6.45) is 5.56. The quantitative estimate of drug-likeness (QED) is 0.881. The van der Waals surface area contributed by atoms with Crippen LogP contribution in [0.2, 0.25) is 0 Å². The number of methoxy groups -OCH3 is 1. The minimum absolute atomic E-state index is 0.156. The normalized spacial score (nSPS) is 11.9. The van der Waals surface area contributed by atoms with Crippen LogP contribution < -0.4 is 10.5 Å². The van der Waals surface area contributed by atoms with Gasteiger partial charge < -0.3 is 15.0 Å². The van der Waals surface area contributed by atoms with Crippen LogP contribution in [0.15, 0.2) is 30.7 Å². The standard InChI is InChI=1S/C16H20N4O/c1-3-14(18)7-15-10-20(11-19-15)9-12-4-5-13(8-17)16(6-12)21-2/h4-6,10-11,14H,3,7,9,18H2,1-2H3. The molecule has 0 fully saturated rings. The monoisotopic (exact) mass is 284 g/mol. The first-order chi connectivity index (χ1) is 10.2. The summed E-state index contributed by atoms with van der Waals surface area (Å²) in [6.45, 7) is 2.76. The molecule has 1 heterocycles. The molecule has 2 N–H and O–H groups in total. The van der Waals surface area contributed by atoms with Gasteiger partial charge in [-0.05, 0) is 24.1 Å². The number of benzene rings is 1. The fraction of sp³-hybridized carbons (Fsp3) is 0.375. The largest absolute Gasteiger partial charge is 0.495 e. The van der Waals surface area contributed by atoms with Crippen molar-refractivity contribution in [2.45, 2.75) is 32.4 Å². The highest BCUT2D eigenvalue weighted by Gasteiger charge is 2.07. The van der Waals surface area contributed by atoms with Gasteiger partial charge in [0.15, 0.2) is 0 Å². The molecular formula is C16H20N4O. The van der Waals surface area contributed by atoms with Crippen molar-refractivity contribution < 1.29 is 4.74 Å². The Bertz CT molecular complexity index is 642. The fourth-order valence-electron chi connectivity index (χ4n) is 2.15. The highest BCUT2D eigenvalue weighted by Crippen LogP contribution is 2.20. The smallest absolute Gasteiger partial charge is 0.136 e. The Morgan fingerprint density at radius 3 is 2.95 bits per heavy atom. The summed E-state index contributed by atoms with van der Waals surface area (Å²) in [5, 5.41) is 8.98. The number of imidazole rings is 1. The Morgan fingerprint density at radius 2 is 2.29 bits per heavy atom. The zero-order valence-corrected chi connectivity index (χ0v) is 12.4. The van der Waals surface area contributed by atoms with E-state index < -0.39 is 0 Å². The molecular weight excluding hydrogens is 264 g/mol. The molecule has 5 nitrogen and oxygen atoms in total. The first kappa shape index (κ1) is 15.1. The SMILES string of the molecule is CCC(N)Cc1cn(Cc2ccc(C#N)c(OC)c2)cn1. The van der Waals surface area contributed by atoms with Crippen LogP contribution in [-0.4, -0.2) is 22.7 Å². The van der Waals surface area contributed by atoms with Crippen molar-refractivity contribution in [3.63, 3.8) is 0 Å². The Balaban J connectivity index is 2.10. The lowest BCUT2D eigenvalue weighted by molar-refractivity contribution is 0.413. The highest BCUT2D eigenvalue weighted by molar-refractivity contribution is 5.45. The third-order valence-electron chi connectivity index (χ3n) is 3.43. The second-order valence-corrected chi connectivity index (χ2v) is 5.06. The predicted molar refractivity (Wildman–Crippen MR) is 81.0 cm³/mol. The number of aromatic nitrogens is 2. The summed E-state index contributed by atoms with van der Waals surface area (Å²) >= 11 is 0. The number of nitrogens with zero attached hydrogens (tertiary/aromatic N) is 3. The third kappa shape index (κ3) is 3.83. The molecule has 1 aromatic carbocycles. The summed E-state index contributed by atoms with van der Waals surface area (Å²) in [4.78, 5) is 4.38. The highest BCUT2D eigenvalue weighted by atomic mass is 16.5. The molecule has 0 aliphatic rings. The molecule has 0 spiro atoms. The molecule has 0 saturated carbocycles. The van der Waals surface area contributed by atoms with Gasteiger partial charge in [0, 0.05) is 25.2 Å². The number of hydrogen-bond acceptors (Lipinski definition) is 4. The van der Waals surface area contributed by atoms with Crippen molar-refractivity contribution in [1.29, 1.82) is 5.26 Å². The molecule has 2 rings (SSSR count). The van der Waals surface area contributed by atoms with E-state index in [0.29, 0.717) is 17.9 Å². The summed E-state index contributed by atoms with van der Waals surface area (Å²) in [5.41, 5.74) is 8.55. The molecule has 110 valence electrons. The fourth-order valence-corrected chi connectivity index (χ4v) is 2.15. The lowest BCUT2D eigenvalue weighted by atomic mass is 10.1. The molecule has 1 atom stereocenters. The Kier molecular flexibility index (Phi) is 4.96. The number of rotatable bonds is 6. The lowest BCUT2D eigenvalue weighted by Crippen LogP contribution is -2.21. The second-order valence-electron chi connectivity index (χ2n) is 5.06. The van der Waals surface area contributed by atoms with E-state index in [4.69, 9.17) is 15.7 Å². The van der Waals surface area contributed by atoms with Gasteiger partial charge in [-0.15, -0.1) is 0 Å². The van der Waals surface area contributed by atoms with Gasteiger partial charge in [0.05, 0.1) is 24.7 Å². The average Bonchev–Trinajstić information content (AvgIpc) is 2.93. The summed E-state index contributed by atoms with van der Waals surface area (Å²) in [7, 11) is 1.57. The van der Waals surface area contributed by atoms with Crippen LogP contribution in [0.25, 0.3) is 0 Å². The zero-order chi connectivity index (χ0) is 15.2. The van der Waals surface area contributed by atoms with Gasteiger partial charge in [-0.3, -0.25) is 0 Å². The molecule has 5 heteroatoms. The van der Waals surface area contributed by atoms with E-state index in [-0.39, 0.29) is 6.04 Å². The lowest BCUT2D eigenvalue weighted by Gasteiger charge is -2.07. The first-order valence-corrected chi connectivity index (χ1v) is 6.99. The molecule has 0 radical (unpaired) electrons. The molecule has 0 aliphatic heterocycles. The minimum atomic E-state index is 0.156. The van der Waals surface area contributed by atoms with Gasteiger partial charge in [-0.1, -0.05) is 13.0 Å². The van der Waals surface area contributed by atoms with Crippen molar-refractivity contribution in [1.82, 2.24) is 9.55 Å². The molecule has 0 bridgehead atoms. The first-order valence-electron chi connectivity index (χ1n) is 6.99. The van der Waals surface area contributed by atoms with Gasteiger partial charge in [0.2, 0.25) is 0 Å². The van der Waals surface area contributed by atoms with Gasteiger partial charge in [-0.2, -0.15) is 5.26 Å². The maximum atomic E-state index is 8.98. The molecule has 1 unspecified atom stereocenters. The van der Waals surface area contributed by atoms with E-state index in [1.807, 2.05) is 29.2 Å². The van der Waals surface area contributed by atoms with Crippen molar-refractivity contribution in [3.05, 3.63) is 47.5 Å². The van der Waals surface area contributed by atoms with Gasteiger partial charge in [-0.25, -0.2) is 4.98 Å². The topological polar surface area (TPSA) is 76.9 Å². The summed E-state index contributed by atoms with van der Waals surface area (Å²) in [6, 6.07) is 7.86. The minimum Gasteiger partial charge on any atom is -0.495 e. The number of hydrogen-bond donors (Lipinski definition) is 1. The third-order valence-corrected chi connectivity index (χ3v) is 3.43. The number of ether oxygens (including phenoxy) is 1. The van der Waals surface area contributed by atoms with Crippen LogP contribution in [0.5, 0.6) is 5.75 Å². The van der Waals surface area contributed by atoms with Gasteiger partial charge in [0.25, 0.3) is 0 Å². The molecule has 0 saturated heterocycles. The molecule has 0 amide bonds. The maximum Gasteiger partial charge on any atom is 0.136 e. The predicted octanol–water partition coefficient (Wildman–Crippen LogP) is 2.09. The Hall–Kier alpha value is -2.32. The van der Waals surface area contributed by atoms with E-state index in [2.05, 4.69) is 18.0 Å². The van der Waals surface area contributed by atoms with E-state index in [1.165, 1.54) is 0 Å². The molecule has 21 heavy (non-hydrogen) atoms. The van der Waals surface area contributed by atoms with Crippen molar-refractivity contribution in [2.75, 3.05) is 7.11 Å². The van der Waals surface area contributed by atoms with E-state index in [1.54, 1.807) is 13.2 Å². The Labute approximate surface area is 125 Å². The van der Waals surface area contributed by atoms with Gasteiger partial charge >= 0.3 is 0 Å². The zero-order valence-electron chi connectivity index (χ0n) is 12.4. The van der Waals surface area contributed by atoms with Crippen molar-refractivity contribution in [2.24, 2.45) is 5.73 Å². The van der Waals surface area contributed by atoms with Crippen LogP contribution in [-0.2, 0) is 13.0 Å². The number of nitrogens with two attached hydrogens (primary N) is 1. The number of nitriles is 1. The maximum absolute atomic E-state index is 8.98. The van der Waals surface area contributed by atoms with Crippen molar-refractivity contribution >= 4 is 0 Å². The van der Waals surface area contributed by atoms with E-state index in [9.17, 15) is 0 Å². The van der Waals surface area contributed by atoms with Crippen LogP contribution in [0.3, 0.4) is 0 Å². The van der Waals surface area contributed by atoms with Crippen LogP contribution >= 0.6 is 0 Å². The second kappa shape index (κ2) is 6.91. The van der Waals surface area contributed by atoms with E-state index >= 15 is 0 Å². The Morgan fingerprint density at radius 1 is 1.48 bits per heavy atom. The van der Waals surface area contributed by atoms with Crippen LogP contribution in [0.1, 0.15) is 30.2 Å². The van der Waals surface area contributed by atoms with Gasteiger partial charge in [0.1, 0.15) is 11.8 Å². The van der Waals surface area contributed by atoms with Crippen molar-refractivity contribution in [3.8, 4) is 11.8 Å². The molecule has 2 aromatic rings. The average molecular weight is 284 g/mol. The van der Waals surface area contributed by atoms with Crippen LogP contribution in [0.4, 0.5) is 0 Å². The van der Waals surface area contributed by atoms with Crippen LogP contribution in [0, 0.1) is 11.3 Å². The molecule has 1 aromatic heterocycles. The summed E-state index contributed by atoms with van der Waals surface area (Å²) in [5.74, 6) is 0.600. The van der Waals surface area contributed by atoms with E-state index in [0.717, 1.165) is 24.1 Å². The molecule has 0 aliphatic carbocycles. The summed E-state index contributed by atoms with van der Waals surface area (Å²) < 4.78 is 7.24.